The Balaban J connectivity index is 1.85. The summed E-state index contributed by atoms with van der Waals surface area (Å²) in [6.07, 6.45) is 2.96. The maximum Gasteiger partial charge on any atom is 0.134 e. The first-order chi connectivity index (χ1) is 9.70. The van der Waals surface area contributed by atoms with Gasteiger partial charge in [0.1, 0.15) is 17.2 Å². The van der Waals surface area contributed by atoms with Crippen molar-refractivity contribution in [1.29, 1.82) is 0 Å². The molecule has 2 heteroatoms. The maximum absolute atomic E-state index is 13.3. The summed E-state index contributed by atoms with van der Waals surface area (Å²) >= 11 is 0. The number of halogens is 1. The summed E-state index contributed by atoms with van der Waals surface area (Å²) in [5.41, 5.74) is 5.43. The lowest BCUT2D eigenvalue weighted by Gasteiger charge is -2.06. The fourth-order valence-electron chi connectivity index (χ4n) is 2.93. The lowest BCUT2D eigenvalue weighted by molar-refractivity contribution is 0.578. The fraction of sp³-hybridized carbons (Fsp3) is 0.111. The zero-order chi connectivity index (χ0) is 13.7. The van der Waals surface area contributed by atoms with E-state index in [9.17, 15) is 4.39 Å². The molecule has 2 aromatic carbocycles. The fourth-order valence-corrected chi connectivity index (χ4v) is 2.93. The number of fused-ring (bicyclic) bond motifs is 2. The topological polar surface area (TPSA) is 13.1 Å². The summed E-state index contributed by atoms with van der Waals surface area (Å²) in [5.74, 6) is 0.749. The van der Waals surface area contributed by atoms with Gasteiger partial charge in [-0.2, -0.15) is 0 Å². The number of allylic oxidation sites excluding steroid dienone is 1. The van der Waals surface area contributed by atoms with Crippen molar-refractivity contribution in [2.24, 2.45) is 0 Å². The van der Waals surface area contributed by atoms with E-state index >= 15 is 0 Å². The normalized spacial score (nSPS) is 13.6. The summed E-state index contributed by atoms with van der Waals surface area (Å²) in [6, 6.07) is 13.3. The van der Waals surface area contributed by atoms with E-state index in [4.69, 9.17) is 4.42 Å². The van der Waals surface area contributed by atoms with E-state index in [2.05, 4.69) is 18.2 Å². The highest BCUT2D eigenvalue weighted by atomic mass is 19.1. The van der Waals surface area contributed by atoms with E-state index < -0.39 is 0 Å². The average molecular weight is 264 g/mol. The predicted molar refractivity (Wildman–Crippen MR) is 78.1 cm³/mol. The van der Waals surface area contributed by atoms with Crippen LogP contribution < -0.4 is 0 Å². The van der Waals surface area contributed by atoms with E-state index in [1.54, 1.807) is 6.07 Å². The molecule has 0 fully saturated rings. The molecular weight excluding hydrogens is 251 g/mol. The summed E-state index contributed by atoms with van der Waals surface area (Å²) in [5, 5.41) is 1.11. The quantitative estimate of drug-likeness (QED) is 0.611. The number of furan rings is 1. The molecule has 0 saturated heterocycles. The van der Waals surface area contributed by atoms with Gasteiger partial charge >= 0.3 is 0 Å². The molecule has 0 saturated carbocycles. The van der Waals surface area contributed by atoms with E-state index in [0.717, 1.165) is 39.8 Å². The molecule has 0 spiro atoms. The Kier molecular flexibility index (Phi) is 2.34. The van der Waals surface area contributed by atoms with Gasteiger partial charge in [-0.05, 0) is 65.9 Å². The second-order valence-electron chi connectivity index (χ2n) is 5.23. The molecule has 1 aromatic heterocycles. The highest BCUT2D eigenvalue weighted by Crippen LogP contribution is 2.34. The van der Waals surface area contributed by atoms with Crippen LogP contribution in [0.4, 0.5) is 4.39 Å². The molecule has 1 aliphatic rings. The van der Waals surface area contributed by atoms with Gasteiger partial charge in [0.15, 0.2) is 0 Å². The third-order valence-electron chi connectivity index (χ3n) is 3.83. The van der Waals surface area contributed by atoms with E-state index in [0.29, 0.717) is 0 Å². The molecule has 0 N–H and O–H groups in total. The number of hydrogen-bond acceptors (Lipinski definition) is 1. The van der Waals surface area contributed by atoms with Crippen LogP contribution in [-0.2, 0) is 6.42 Å². The van der Waals surface area contributed by atoms with Crippen molar-refractivity contribution in [1.82, 2.24) is 0 Å². The number of benzene rings is 2. The molecule has 0 aliphatic heterocycles. The van der Waals surface area contributed by atoms with Gasteiger partial charge < -0.3 is 4.42 Å². The van der Waals surface area contributed by atoms with E-state index in [-0.39, 0.29) is 5.82 Å². The average Bonchev–Trinajstić information content (AvgIpc) is 2.99. The molecule has 0 amide bonds. The zero-order valence-electron chi connectivity index (χ0n) is 11.1. The zero-order valence-corrected chi connectivity index (χ0v) is 11.1. The second kappa shape index (κ2) is 4.07. The lowest BCUT2D eigenvalue weighted by Crippen LogP contribution is -1.88. The molecule has 0 bridgehead atoms. The molecule has 0 atom stereocenters. The molecular formula is C18H13FO. The Hall–Kier alpha value is -2.35. The summed E-state index contributed by atoms with van der Waals surface area (Å²) in [6.45, 7) is 1.95. The molecule has 4 rings (SSSR count). The highest BCUT2D eigenvalue weighted by Gasteiger charge is 2.16. The highest BCUT2D eigenvalue weighted by molar-refractivity contribution is 5.89. The Labute approximate surface area is 116 Å². The Bertz CT molecular complexity index is 855. The van der Waals surface area contributed by atoms with Crippen LogP contribution in [0.2, 0.25) is 0 Å². The summed E-state index contributed by atoms with van der Waals surface area (Å²) < 4.78 is 18.9. The molecule has 0 unspecified atom stereocenters. The van der Waals surface area contributed by atoms with E-state index in [1.807, 2.05) is 25.1 Å². The standard InChI is InChI=1S/C18H13FO/c1-11-8-14-9-12(3-7-18(14)20-11)16-5-2-13-10-15(19)4-6-17(13)16/h3-10H,2H2,1H3. The van der Waals surface area contributed by atoms with Crippen molar-refractivity contribution < 1.29 is 8.81 Å². The van der Waals surface area contributed by atoms with Crippen molar-refractivity contribution in [3.8, 4) is 0 Å². The monoisotopic (exact) mass is 264 g/mol. The Morgan fingerprint density at radius 1 is 1.05 bits per heavy atom. The van der Waals surface area contributed by atoms with Gasteiger partial charge in [-0.15, -0.1) is 0 Å². The number of hydrogen-bond donors (Lipinski definition) is 0. The third kappa shape index (κ3) is 1.68. The first-order valence-corrected chi connectivity index (χ1v) is 6.70. The minimum absolute atomic E-state index is 0.167. The first kappa shape index (κ1) is 11.5. The van der Waals surface area contributed by atoms with Crippen LogP contribution >= 0.6 is 0 Å². The van der Waals surface area contributed by atoms with Crippen LogP contribution in [0.1, 0.15) is 22.5 Å². The predicted octanol–water partition coefficient (Wildman–Crippen LogP) is 4.87. The van der Waals surface area contributed by atoms with Crippen LogP contribution in [0.25, 0.3) is 16.5 Å². The van der Waals surface area contributed by atoms with Gasteiger partial charge in [-0.1, -0.05) is 18.2 Å². The number of rotatable bonds is 1. The van der Waals surface area contributed by atoms with Crippen molar-refractivity contribution in [3.63, 3.8) is 0 Å². The van der Waals surface area contributed by atoms with Gasteiger partial charge in [-0.3, -0.25) is 0 Å². The molecule has 1 heterocycles. The smallest absolute Gasteiger partial charge is 0.134 e. The minimum Gasteiger partial charge on any atom is -0.461 e. The SMILES string of the molecule is Cc1cc2cc(C3=CCc4cc(F)ccc43)ccc2o1. The van der Waals surface area contributed by atoms with Crippen molar-refractivity contribution in [2.45, 2.75) is 13.3 Å². The van der Waals surface area contributed by atoms with Crippen LogP contribution in [0.5, 0.6) is 0 Å². The van der Waals surface area contributed by atoms with Crippen LogP contribution in [-0.4, -0.2) is 0 Å². The molecule has 1 aliphatic carbocycles. The maximum atomic E-state index is 13.3. The summed E-state index contributed by atoms with van der Waals surface area (Å²) in [4.78, 5) is 0. The Morgan fingerprint density at radius 2 is 1.95 bits per heavy atom. The van der Waals surface area contributed by atoms with Gasteiger partial charge in [-0.25, -0.2) is 4.39 Å². The van der Waals surface area contributed by atoms with Crippen LogP contribution in [0, 0.1) is 12.7 Å². The molecule has 1 nitrogen and oxygen atoms in total. The number of aryl methyl sites for hydroxylation is 1. The summed E-state index contributed by atoms with van der Waals surface area (Å²) in [7, 11) is 0. The van der Waals surface area contributed by atoms with Gasteiger partial charge in [0.2, 0.25) is 0 Å². The molecule has 20 heavy (non-hydrogen) atoms. The largest absolute Gasteiger partial charge is 0.461 e. The van der Waals surface area contributed by atoms with Crippen LogP contribution in [0.3, 0.4) is 0 Å². The lowest BCUT2D eigenvalue weighted by atomic mass is 9.98. The minimum atomic E-state index is -0.167. The first-order valence-electron chi connectivity index (χ1n) is 6.70. The van der Waals surface area contributed by atoms with Gasteiger partial charge in [0.05, 0.1) is 0 Å². The van der Waals surface area contributed by atoms with E-state index in [1.165, 1.54) is 11.6 Å². The Morgan fingerprint density at radius 3 is 2.85 bits per heavy atom. The second-order valence-corrected chi connectivity index (χ2v) is 5.23. The van der Waals surface area contributed by atoms with Crippen LogP contribution in [0.15, 0.2) is 53.0 Å². The van der Waals surface area contributed by atoms with Crippen molar-refractivity contribution >= 4 is 16.5 Å². The molecule has 0 radical (unpaired) electrons. The third-order valence-corrected chi connectivity index (χ3v) is 3.83. The molecule has 98 valence electrons. The molecule has 3 aromatic rings. The van der Waals surface area contributed by atoms with Crippen molar-refractivity contribution in [2.75, 3.05) is 0 Å². The van der Waals surface area contributed by atoms with Gasteiger partial charge in [0.25, 0.3) is 0 Å². The van der Waals surface area contributed by atoms with Crippen molar-refractivity contribution in [3.05, 3.63) is 76.8 Å². The van der Waals surface area contributed by atoms with Gasteiger partial charge in [0, 0.05) is 5.39 Å².